The molecule has 19 heavy (non-hydrogen) atoms. The van der Waals surface area contributed by atoms with Gasteiger partial charge >= 0.3 is 5.97 Å². The van der Waals surface area contributed by atoms with Gasteiger partial charge in [-0.25, -0.2) is 9.48 Å². The highest BCUT2D eigenvalue weighted by molar-refractivity contribution is 5.85. The van der Waals surface area contributed by atoms with E-state index < -0.39 is 5.97 Å². The topological polar surface area (TPSA) is 64.3 Å². The summed E-state index contributed by atoms with van der Waals surface area (Å²) in [5, 5.41) is 13.2. The molecule has 0 saturated heterocycles. The summed E-state index contributed by atoms with van der Waals surface area (Å²) >= 11 is 0. The molecule has 0 unspecified atom stereocenters. The molecule has 0 aliphatic rings. The summed E-state index contributed by atoms with van der Waals surface area (Å²) < 4.78 is 6.78. The van der Waals surface area contributed by atoms with Crippen molar-refractivity contribution in [3.05, 3.63) is 41.7 Å². The van der Waals surface area contributed by atoms with E-state index in [4.69, 9.17) is 9.84 Å². The molecule has 0 fully saturated rings. The third-order valence-electron chi connectivity index (χ3n) is 2.83. The number of aryl methyl sites for hydroxylation is 1. The minimum atomic E-state index is -1.01. The molecular formula is C14H16N2O3. The Hall–Kier alpha value is -2.30. The molecule has 5 heteroatoms. The molecule has 0 atom stereocenters. The van der Waals surface area contributed by atoms with Gasteiger partial charge in [0, 0.05) is 5.69 Å². The number of hydrogen-bond donors (Lipinski definition) is 1. The predicted octanol–water partition coefficient (Wildman–Crippen LogP) is 2.53. The van der Waals surface area contributed by atoms with Crippen molar-refractivity contribution in [2.24, 2.45) is 0 Å². The normalized spacial score (nSPS) is 10.4. The van der Waals surface area contributed by atoms with Crippen LogP contribution in [0, 0.1) is 0 Å². The van der Waals surface area contributed by atoms with Crippen molar-refractivity contribution in [3.63, 3.8) is 0 Å². The molecule has 0 amide bonds. The van der Waals surface area contributed by atoms with Gasteiger partial charge < -0.3 is 9.84 Å². The summed E-state index contributed by atoms with van der Waals surface area (Å²) in [4.78, 5) is 11.0. The zero-order valence-corrected chi connectivity index (χ0v) is 11.0. The molecule has 5 nitrogen and oxygen atoms in total. The molecular weight excluding hydrogens is 244 g/mol. The van der Waals surface area contributed by atoms with Gasteiger partial charge in [0.15, 0.2) is 5.69 Å². The van der Waals surface area contributed by atoms with Crippen LogP contribution in [0.3, 0.4) is 0 Å². The van der Waals surface area contributed by atoms with E-state index in [1.54, 1.807) is 17.9 Å². The van der Waals surface area contributed by atoms with Gasteiger partial charge in [0.05, 0.1) is 12.8 Å². The second-order valence-electron chi connectivity index (χ2n) is 4.19. The van der Waals surface area contributed by atoms with Gasteiger partial charge in [-0.3, -0.25) is 0 Å². The van der Waals surface area contributed by atoms with Gasteiger partial charge in [-0.05, 0) is 36.8 Å². The largest absolute Gasteiger partial charge is 0.497 e. The first-order chi connectivity index (χ1) is 9.15. The van der Waals surface area contributed by atoms with Crippen LogP contribution in [-0.4, -0.2) is 28.0 Å². The lowest BCUT2D eigenvalue weighted by molar-refractivity contribution is 0.0690. The lowest BCUT2D eigenvalue weighted by Gasteiger charge is -2.07. The first-order valence-electron chi connectivity index (χ1n) is 6.12. The molecule has 1 aromatic carbocycles. The first kappa shape index (κ1) is 13.1. The van der Waals surface area contributed by atoms with Crippen molar-refractivity contribution in [3.8, 4) is 11.4 Å². The average molecular weight is 260 g/mol. The Kier molecular flexibility index (Phi) is 3.85. The molecule has 1 N–H and O–H groups in total. The maximum absolute atomic E-state index is 11.0. The number of carbonyl (C=O) groups is 1. The molecule has 100 valence electrons. The van der Waals surface area contributed by atoms with Crippen molar-refractivity contribution in [2.45, 2.75) is 19.8 Å². The zero-order chi connectivity index (χ0) is 13.8. The number of aromatic carboxylic acids is 1. The van der Waals surface area contributed by atoms with Gasteiger partial charge in [-0.2, -0.15) is 5.10 Å². The summed E-state index contributed by atoms with van der Waals surface area (Å²) in [6.07, 6.45) is 1.72. The van der Waals surface area contributed by atoms with E-state index in [0.29, 0.717) is 0 Å². The van der Waals surface area contributed by atoms with E-state index in [1.807, 2.05) is 31.2 Å². The van der Waals surface area contributed by atoms with Crippen molar-refractivity contribution in [1.82, 2.24) is 9.78 Å². The maximum Gasteiger partial charge on any atom is 0.356 e. The van der Waals surface area contributed by atoms with Gasteiger partial charge in [-0.1, -0.05) is 13.3 Å². The van der Waals surface area contributed by atoms with Crippen LogP contribution < -0.4 is 4.74 Å². The summed E-state index contributed by atoms with van der Waals surface area (Å²) in [7, 11) is 1.61. The number of hydrogen-bond acceptors (Lipinski definition) is 3. The summed E-state index contributed by atoms with van der Waals surface area (Å²) in [5.41, 5.74) is 1.79. The molecule has 0 aliphatic heterocycles. The van der Waals surface area contributed by atoms with Crippen molar-refractivity contribution >= 4 is 5.97 Å². The molecule has 2 rings (SSSR count). The summed E-state index contributed by atoms with van der Waals surface area (Å²) in [5.74, 6) is -0.254. The average Bonchev–Trinajstić information content (AvgIpc) is 2.84. The van der Waals surface area contributed by atoms with Gasteiger partial charge in [0.2, 0.25) is 0 Å². The Morgan fingerprint density at radius 1 is 1.37 bits per heavy atom. The van der Waals surface area contributed by atoms with Crippen LogP contribution >= 0.6 is 0 Å². The van der Waals surface area contributed by atoms with Crippen molar-refractivity contribution in [1.29, 1.82) is 0 Å². The van der Waals surface area contributed by atoms with Crippen LogP contribution in [0.25, 0.3) is 5.69 Å². The van der Waals surface area contributed by atoms with Crippen LogP contribution in [0.5, 0.6) is 5.75 Å². The zero-order valence-electron chi connectivity index (χ0n) is 11.0. The predicted molar refractivity (Wildman–Crippen MR) is 71.1 cm³/mol. The monoisotopic (exact) mass is 260 g/mol. The second-order valence-corrected chi connectivity index (χ2v) is 4.19. The number of nitrogens with zero attached hydrogens (tertiary/aromatic N) is 2. The number of rotatable bonds is 5. The maximum atomic E-state index is 11.0. The quantitative estimate of drug-likeness (QED) is 0.897. The Labute approximate surface area is 111 Å². The molecule has 2 aromatic rings. The fourth-order valence-electron chi connectivity index (χ4n) is 1.91. The van der Waals surface area contributed by atoms with Crippen molar-refractivity contribution in [2.75, 3.05) is 7.11 Å². The van der Waals surface area contributed by atoms with Gasteiger partial charge in [0.1, 0.15) is 5.75 Å². The van der Waals surface area contributed by atoms with Crippen LogP contribution in [0.15, 0.2) is 30.3 Å². The molecule has 0 saturated carbocycles. The Bertz CT molecular complexity index is 573. The summed E-state index contributed by atoms with van der Waals surface area (Å²) in [6, 6.07) is 8.99. The SMILES string of the molecule is CCCc1cc(C(=O)O)nn1-c1ccc(OC)cc1. The minimum absolute atomic E-state index is 0.0688. The lowest BCUT2D eigenvalue weighted by atomic mass is 10.2. The number of carboxylic acid groups (broad SMARTS) is 1. The molecule has 0 spiro atoms. The van der Waals surface area contributed by atoms with E-state index in [9.17, 15) is 4.79 Å². The van der Waals surface area contributed by atoms with E-state index in [-0.39, 0.29) is 5.69 Å². The fraction of sp³-hybridized carbons (Fsp3) is 0.286. The number of methoxy groups -OCH3 is 1. The van der Waals surface area contributed by atoms with Crippen LogP contribution in [0.4, 0.5) is 0 Å². The Morgan fingerprint density at radius 3 is 2.58 bits per heavy atom. The van der Waals surface area contributed by atoms with E-state index in [1.165, 1.54) is 0 Å². The number of aromatic nitrogens is 2. The van der Waals surface area contributed by atoms with E-state index in [0.717, 1.165) is 30.0 Å². The fourth-order valence-corrected chi connectivity index (χ4v) is 1.91. The molecule has 0 bridgehead atoms. The smallest absolute Gasteiger partial charge is 0.356 e. The van der Waals surface area contributed by atoms with Crippen LogP contribution in [-0.2, 0) is 6.42 Å². The summed E-state index contributed by atoms with van der Waals surface area (Å²) in [6.45, 7) is 2.05. The van der Waals surface area contributed by atoms with E-state index >= 15 is 0 Å². The number of carboxylic acids is 1. The van der Waals surface area contributed by atoms with Crippen LogP contribution in [0.2, 0.25) is 0 Å². The van der Waals surface area contributed by atoms with Gasteiger partial charge in [0.25, 0.3) is 0 Å². The highest BCUT2D eigenvalue weighted by Gasteiger charge is 2.13. The molecule has 1 aromatic heterocycles. The second kappa shape index (κ2) is 5.56. The third kappa shape index (κ3) is 2.76. The van der Waals surface area contributed by atoms with Gasteiger partial charge in [-0.15, -0.1) is 0 Å². The highest BCUT2D eigenvalue weighted by Crippen LogP contribution is 2.18. The molecule has 1 heterocycles. The Balaban J connectivity index is 2.43. The first-order valence-corrected chi connectivity index (χ1v) is 6.12. The number of ether oxygens (including phenoxy) is 1. The standard InChI is InChI=1S/C14H16N2O3/c1-3-4-11-9-13(14(17)18)15-16(11)10-5-7-12(19-2)8-6-10/h5-9H,3-4H2,1-2H3,(H,17,18). The highest BCUT2D eigenvalue weighted by atomic mass is 16.5. The van der Waals surface area contributed by atoms with Crippen molar-refractivity contribution < 1.29 is 14.6 Å². The molecule has 0 aliphatic carbocycles. The lowest BCUT2D eigenvalue weighted by Crippen LogP contribution is -2.03. The molecule has 0 radical (unpaired) electrons. The van der Waals surface area contributed by atoms with E-state index in [2.05, 4.69) is 5.10 Å². The van der Waals surface area contributed by atoms with Crippen LogP contribution in [0.1, 0.15) is 29.5 Å². The minimum Gasteiger partial charge on any atom is -0.497 e. The Morgan fingerprint density at radius 2 is 2.05 bits per heavy atom. The number of benzene rings is 1. The third-order valence-corrected chi connectivity index (χ3v) is 2.83.